The molecule has 2 aliphatic heterocycles. The van der Waals surface area contributed by atoms with E-state index >= 15 is 0 Å². The number of hydrogen-bond donors (Lipinski definition) is 0. The molecule has 36 heavy (non-hydrogen) atoms. The van der Waals surface area contributed by atoms with Gasteiger partial charge in [-0.2, -0.15) is 5.10 Å². The van der Waals surface area contributed by atoms with Crippen LogP contribution in [0.3, 0.4) is 0 Å². The van der Waals surface area contributed by atoms with Gasteiger partial charge in [0.25, 0.3) is 0 Å². The van der Waals surface area contributed by atoms with Crippen LogP contribution < -0.4 is 0 Å². The van der Waals surface area contributed by atoms with Crippen LogP contribution >= 0.6 is 0 Å². The molecule has 9 heteroatoms. The lowest BCUT2D eigenvalue weighted by molar-refractivity contribution is -0.139. The van der Waals surface area contributed by atoms with Gasteiger partial charge in [-0.1, -0.05) is 36.4 Å². The summed E-state index contributed by atoms with van der Waals surface area (Å²) < 4.78 is 7.03. The van der Waals surface area contributed by atoms with Gasteiger partial charge in [-0.25, -0.2) is 4.79 Å². The van der Waals surface area contributed by atoms with Crippen LogP contribution in [0.4, 0.5) is 0 Å². The van der Waals surface area contributed by atoms with Gasteiger partial charge >= 0.3 is 5.97 Å². The molecule has 0 aliphatic carbocycles. The standard InChI is InChI=1S/C27H29N5O4/c1-2-36-27(35)26-22-17-30(13-11-23(22)32(29-26)16-21-10-6-7-12-28-21)25(34)18-31-15-20(14-24(31)33)19-8-4-3-5-9-19/h3-10,12,20H,2,11,13-18H2,1H3. The first-order valence-corrected chi connectivity index (χ1v) is 12.3. The van der Waals surface area contributed by atoms with Crippen LogP contribution in [0.15, 0.2) is 54.7 Å². The fraction of sp³-hybridized carbons (Fsp3) is 0.370. The molecule has 0 N–H and O–H groups in total. The van der Waals surface area contributed by atoms with E-state index < -0.39 is 5.97 Å². The van der Waals surface area contributed by atoms with Crippen molar-refractivity contribution in [1.29, 1.82) is 0 Å². The van der Waals surface area contributed by atoms with E-state index in [1.54, 1.807) is 27.6 Å². The summed E-state index contributed by atoms with van der Waals surface area (Å²) in [4.78, 5) is 46.3. The highest BCUT2D eigenvalue weighted by atomic mass is 16.5. The molecule has 0 radical (unpaired) electrons. The molecule has 1 unspecified atom stereocenters. The molecule has 2 aliphatic rings. The van der Waals surface area contributed by atoms with Crippen molar-refractivity contribution in [2.45, 2.75) is 38.8 Å². The van der Waals surface area contributed by atoms with Gasteiger partial charge in [-0.05, 0) is 24.6 Å². The summed E-state index contributed by atoms with van der Waals surface area (Å²) >= 11 is 0. The highest BCUT2D eigenvalue weighted by Gasteiger charge is 2.35. The highest BCUT2D eigenvalue weighted by Crippen LogP contribution is 2.29. The Balaban J connectivity index is 1.31. The highest BCUT2D eigenvalue weighted by molar-refractivity contribution is 5.90. The lowest BCUT2D eigenvalue weighted by Crippen LogP contribution is -2.43. The molecule has 4 heterocycles. The summed E-state index contributed by atoms with van der Waals surface area (Å²) in [6.45, 7) is 3.74. The first-order chi connectivity index (χ1) is 17.5. The van der Waals surface area contributed by atoms with Gasteiger partial charge in [0, 0.05) is 55.8 Å². The Morgan fingerprint density at radius 3 is 2.67 bits per heavy atom. The molecule has 0 saturated carbocycles. The zero-order valence-electron chi connectivity index (χ0n) is 20.3. The minimum atomic E-state index is -0.497. The van der Waals surface area contributed by atoms with Crippen LogP contribution in [0, 0.1) is 0 Å². The number of benzene rings is 1. The molecule has 1 aromatic carbocycles. The molecular weight excluding hydrogens is 458 g/mol. The van der Waals surface area contributed by atoms with Crippen molar-refractivity contribution in [3.05, 3.63) is 82.9 Å². The molecule has 1 fully saturated rings. The van der Waals surface area contributed by atoms with Gasteiger partial charge < -0.3 is 14.5 Å². The zero-order valence-corrected chi connectivity index (χ0v) is 20.3. The third kappa shape index (κ3) is 4.86. The number of hydrogen-bond acceptors (Lipinski definition) is 6. The van der Waals surface area contributed by atoms with Gasteiger partial charge in [-0.15, -0.1) is 0 Å². The van der Waals surface area contributed by atoms with E-state index in [2.05, 4.69) is 10.1 Å². The fourth-order valence-electron chi connectivity index (χ4n) is 4.98. The largest absolute Gasteiger partial charge is 0.461 e. The Morgan fingerprint density at radius 1 is 1.11 bits per heavy atom. The number of amides is 2. The Labute approximate surface area is 209 Å². The van der Waals surface area contributed by atoms with Crippen molar-refractivity contribution in [1.82, 2.24) is 24.6 Å². The average Bonchev–Trinajstić information content (AvgIpc) is 3.45. The second kappa shape index (κ2) is 10.3. The maximum atomic E-state index is 13.2. The number of ether oxygens (including phenoxy) is 1. The van der Waals surface area contributed by atoms with Gasteiger partial charge in [0.05, 0.1) is 25.4 Å². The molecular formula is C27H29N5O4. The summed E-state index contributed by atoms with van der Waals surface area (Å²) in [5.41, 5.74) is 3.80. The van der Waals surface area contributed by atoms with Crippen LogP contribution in [-0.2, 0) is 33.8 Å². The van der Waals surface area contributed by atoms with Crippen molar-refractivity contribution in [3.8, 4) is 0 Å². The summed E-state index contributed by atoms with van der Waals surface area (Å²) in [6, 6.07) is 15.6. The number of carbonyl (C=O) groups excluding carboxylic acids is 3. The summed E-state index contributed by atoms with van der Waals surface area (Å²) in [7, 11) is 0. The van der Waals surface area contributed by atoms with Crippen LogP contribution in [0.25, 0.3) is 0 Å². The van der Waals surface area contributed by atoms with E-state index in [0.29, 0.717) is 38.0 Å². The Bertz CT molecular complexity index is 1260. The molecule has 2 aromatic heterocycles. The second-order valence-corrected chi connectivity index (χ2v) is 9.12. The summed E-state index contributed by atoms with van der Waals surface area (Å²) in [5.74, 6) is -0.539. The van der Waals surface area contributed by atoms with Gasteiger partial charge in [0.2, 0.25) is 11.8 Å². The smallest absolute Gasteiger partial charge is 0.359 e. The van der Waals surface area contributed by atoms with E-state index in [9.17, 15) is 14.4 Å². The van der Waals surface area contributed by atoms with Gasteiger partial charge in [0.1, 0.15) is 0 Å². The molecule has 0 spiro atoms. The summed E-state index contributed by atoms with van der Waals surface area (Å²) in [6.07, 6.45) is 2.69. The summed E-state index contributed by atoms with van der Waals surface area (Å²) in [5, 5.41) is 4.56. The molecule has 9 nitrogen and oxygen atoms in total. The van der Waals surface area contributed by atoms with E-state index in [1.807, 2.05) is 48.5 Å². The number of pyridine rings is 1. The first-order valence-electron chi connectivity index (χ1n) is 12.3. The predicted octanol–water partition coefficient (Wildman–Crippen LogP) is 2.40. The SMILES string of the molecule is CCOC(=O)c1nn(Cc2ccccn2)c2c1CN(C(=O)CN1CC(c3ccccc3)CC1=O)CC2. The topological polar surface area (TPSA) is 97.6 Å². The van der Waals surface area contributed by atoms with E-state index in [0.717, 1.165) is 17.0 Å². The Kier molecular flexibility index (Phi) is 6.79. The molecule has 1 saturated heterocycles. The Hall–Kier alpha value is -4.01. The number of likely N-dealkylation sites (tertiary alicyclic amines) is 1. The van der Waals surface area contributed by atoms with Crippen LogP contribution in [0.5, 0.6) is 0 Å². The minimum Gasteiger partial charge on any atom is -0.461 e. The van der Waals surface area contributed by atoms with Gasteiger partial charge in [0.15, 0.2) is 5.69 Å². The maximum absolute atomic E-state index is 13.2. The van der Waals surface area contributed by atoms with E-state index in [4.69, 9.17) is 4.74 Å². The number of nitrogens with zero attached hydrogens (tertiary/aromatic N) is 5. The number of esters is 1. The van der Waals surface area contributed by atoms with E-state index in [-0.39, 0.29) is 43.1 Å². The molecule has 3 aromatic rings. The predicted molar refractivity (Wildman–Crippen MR) is 131 cm³/mol. The van der Waals surface area contributed by atoms with Crippen LogP contribution in [0.2, 0.25) is 0 Å². The lowest BCUT2D eigenvalue weighted by Gasteiger charge is -2.29. The van der Waals surface area contributed by atoms with Crippen LogP contribution in [-0.4, -0.2) is 68.6 Å². The monoisotopic (exact) mass is 487 g/mol. The number of carbonyl (C=O) groups is 3. The maximum Gasteiger partial charge on any atom is 0.359 e. The second-order valence-electron chi connectivity index (χ2n) is 9.12. The molecule has 0 bridgehead atoms. The van der Waals surface area contributed by atoms with Crippen molar-refractivity contribution in [2.24, 2.45) is 0 Å². The van der Waals surface area contributed by atoms with Gasteiger partial charge in [-0.3, -0.25) is 19.3 Å². The molecule has 1 atom stereocenters. The number of rotatable bonds is 7. The van der Waals surface area contributed by atoms with E-state index in [1.165, 1.54) is 0 Å². The number of fused-ring (bicyclic) bond motifs is 1. The zero-order chi connectivity index (χ0) is 25.1. The fourth-order valence-corrected chi connectivity index (χ4v) is 4.98. The minimum absolute atomic E-state index is 0.00899. The third-order valence-electron chi connectivity index (χ3n) is 6.80. The molecule has 2 amide bonds. The van der Waals surface area contributed by atoms with Crippen molar-refractivity contribution in [3.63, 3.8) is 0 Å². The quantitative estimate of drug-likeness (QED) is 0.475. The Morgan fingerprint density at radius 2 is 1.92 bits per heavy atom. The lowest BCUT2D eigenvalue weighted by atomic mass is 9.99. The molecule has 5 rings (SSSR count). The van der Waals surface area contributed by atoms with Crippen molar-refractivity contribution < 1.29 is 19.1 Å². The number of aromatic nitrogens is 3. The van der Waals surface area contributed by atoms with Crippen molar-refractivity contribution >= 4 is 17.8 Å². The average molecular weight is 488 g/mol. The third-order valence-corrected chi connectivity index (χ3v) is 6.80. The van der Waals surface area contributed by atoms with Crippen molar-refractivity contribution in [2.75, 3.05) is 26.2 Å². The van der Waals surface area contributed by atoms with Crippen LogP contribution in [0.1, 0.15) is 52.3 Å². The first kappa shape index (κ1) is 23.7. The normalized spacial score (nSPS) is 17.2. The molecule has 186 valence electrons.